The SMILES string of the molecule is COc1ccc2c(C)c(CCC(=O)N3CCCc4c(Cl)ccc(F)c43)c(=O)oc2c1. The normalized spacial score (nSPS) is 13.4. The van der Waals surface area contributed by atoms with Gasteiger partial charge in [-0.15, -0.1) is 0 Å². The number of amides is 1. The van der Waals surface area contributed by atoms with Crippen molar-refractivity contribution in [1.29, 1.82) is 0 Å². The van der Waals surface area contributed by atoms with E-state index in [2.05, 4.69) is 0 Å². The molecule has 0 bridgehead atoms. The Kier molecular flexibility index (Phi) is 5.52. The summed E-state index contributed by atoms with van der Waals surface area (Å²) >= 11 is 6.21. The number of halogens is 2. The zero-order chi connectivity index (χ0) is 21.4. The molecule has 0 unspecified atom stereocenters. The lowest BCUT2D eigenvalue weighted by Crippen LogP contribution is -2.36. The van der Waals surface area contributed by atoms with Gasteiger partial charge in [-0.1, -0.05) is 11.6 Å². The van der Waals surface area contributed by atoms with Crippen molar-refractivity contribution < 1.29 is 18.3 Å². The van der Waals surface area contributed by atoms with E-state index < -0.39 is 11.4 Å². The predicted molar refractivity (Wildman–Crippen MR) is 114 cm³/mol. The molecule has 1 aliphatic heterocycles. The second-order valence-corrected chi connectivity index (χ2v) is 7.77. The molecule has 0 atom stereocenters. The smallest absolute Gasteiger partial charge is 0.339 e. The van der Waals surface area contributed by atoms with Crippen LogP contribution < -0.4 is 15.3 Å². The Morgan fingerprint density at radius 1 is 1.30 bits per heavy atom. The number of hydrogen-bond donors (Lipinski definition) is 0. The van der Waals surface area contributed by atoms with E-state index in [0.717, 1.165) is 10.9 Å². The highest BCUT2D eigenvalue weighted by Crippen LogP contribution is 2.35. The predicted octanol–water partition coefficient (Wildman–Crippen LogP) is 4.81. The maximum absolute atomic E-state index is 14.5. The lowest BCUT2D eigenvalue weighted by atomic mass is 9.99. The number of anilines is 1. The van der Waals surface area contributed by atoms with Crippen LogP contribution in [0.15, 0.2) is 39.5 Å². The van der Waals surface area contributed by atoms with Crippen LogP contribution in [0.3, 0.4) is 0 Å². The molecule has 4 rings (SSSR count). The molecule has 0 fully saturated rings. The third kappa shape index (κ3) is 3.56. The van der Waals surface area contributed by atoms with Crippen LogP contribution in [0, 0.1) is 12.7 Å². The Bertz CT molecular complexity index is 1200. The molecule has 0 aliphatic carbocycles. The first-order chi connectivity index (χ1) is 14.4. The maximum Gasteiger partial charge on any atom is 0.339 e. The number of fused-ring (bicyclic) bond motifs is 2. The number of nitrogens with zero attached hydrogens (tertiary/aromatic N) is 1. The van der Waals surface area contributed by atoms with Crippen LogP contribution >= 0.6 is 11.6 Å². The van der Waals surface area contributed by atoms with Gasteiger partial charge in [-0.05, 0) is 61.6 Å². The largest absolute Gasteiger partial charge is 0.497 e. The summed E-state index contributed by atoms with van der Waals surface area (Å²) in [7, 11) is 1.54. The van der Waals surface area contributed by atoms with E-state index in [9.17, 15) is 14.0 Å². The Morgan fingerprint density at radius 3 is 2.87 bits per heavy atom. The molecule has 0 saturated heterocycles. The van der Waals surface area contributed by atoms with Crippen molar-refractivity contribution in [2.75, 3.05) is 18.6 Å². The fraction of sp³-hybridized carbons (Fsp3) is 0.304. The van der Waals surface area contributed by atoms with Crippen LogP contribution in [0.1, 0.15) is 29.5 Å². The number of benzene rings is 2. The molecule has 3 aromatic rings. The number of hydrogen-bond acceptors (Lipinski definition) is 4. The Hall–Kier alpha value is -2.86. The van der Waals surface area contributed by atoms with Gasteiger partial charge in [0.15, 0.2) is 0 Å². The molecule has 0 saturated carbocycles. The van der Waals surface area contributed by atoms with Gasteiger partial charge in [0.05, 0.1) is 12.8 Å². The molecule has 1 aliphatic rings. The minimum absolute atomic E-state index is 0.0681. The molecule has 0 spiro atoms. The second-order valence-electron chi connectivity index (χ2n) is 7.36. The maximum atomic E-state index is 14.5. The van der Waals surface area contributed by atoms with Crippen molar-refractivity contribution in [2.24, 2.45) is 0 Å². The molecular weight excluding hydrogens is 409 g/mol. The summed E-state index contributed by atoms with van der Waals surface area (Å²) in [4.78, 5) is 26.9. The first-order valence-electron chi connectivity index (χ1n) is 9.78. The minimum Gasteiger partial charge on any atom is -0.497 e. The van der Waals surface area contributed by atoms with Gasteiger partial charge < -0.3 is 14.1 Å². The summed E-state index contributed by atoms with van der Waals surface area (Å²) in [5, 5.41) is 1.25. The van der Waals surface area contributed by atoms with E-state index in [-0.39, 0.29) is 24.4 Å². The molecule has 2 heterocycles. The van der Waals surface area contributed by atoms with E-state index in [1.807, 2.05) is 13.0 Å². The zero-order valence-electron chi connectivity index (χ0n) is 16.8. The molecule has 2 aromatic carbocycles. The van der Waals surface area contributed by atoms with Crippen LogP contribution in [0.25, 0.3) is 11.0 Å². The van der Waals surface area contributed by atoms with Gasteiger partial charge in [-0.25, -0.2) is 9.18 Å². The summed E-state index contributed by atoms with van der Waals surface area (Å²) in [6, 6.07) is 8.08. The summed E-state index contributed by atoms with van der Waals surface area (Å²) in [5.74, 6) is -0.110. The highest BCUT2D eigenvalue weighted by molar-refractivity contribution is 6.32. The van der Waals surface area contributed by atoms with Crippen molar-refractivity contribution in [3.8, 4) is 5.75 Å². The Labute approximate surface area is 178 Å². The Balaban J connectivity index is 1.61. The highest BCUT2D eigenvalue weighted by Gasteiger charge is 2.27. The Morgan fingerprint density at radius 2 is 2.10 bits per heavy atom. The average Bonchev–Trinajstić information content (AvgIpc) is 2.75. The van der Waals surface area contributed by atoms with Crippen molar-refractivity contribution in [1.82, 2.24) is 0 Å². The molecular formula is C23H21ClFNO4. The van der Waals surface area contributed by atoms with Crippen molar-refractivity contribution >= 4 is 34.2 Å². The zero-order valence-corrected chi connectivity index (χ0v) is 17.5. The van der Waals surface area contributed by atoms with Gasteiger partial charge in [-0.2, -0.15) is 0 Å². The molecule has 156 valence electrons. The number of rotatable bonds is 4. The highest BCUT2D eigenvalue weighted by atomic mass is 35.5. The van der Waals surface area contributed by atoms with Gasteiger partial charge in [-0.3, -0.25) is 4.79 Å². The molecule has 0 radical (unpaired) electrons. The van der Waals surface area contributed by atoms with Gasteiger partial charge in [0.25, 0.3) is 0 Å². The molecule has 0 N–H and O–H groups in total. The van der Waals surface area contributed by atoms with E-state index in [1.165, 1.54) is 17.0 Å². The lowest BCUT2D eigenvalue weighted by molar-refractivity contribution is -0.118. The summed E-state index contributed by atoms with van der Waals surface area (Å²) in [6.07, 6.45) is 1.62. The minimum atomic E-state index is -0.477. The number of carbonyl (C=O) groups is 1. The van der Waals surface area contributed by atoms with Crippen LogP contribution in [-0.2, 0) is 17.6 Å². The van der Waals surface area contributed by atoms with Gasteiger partial charge in [0.2, 0.25) is 5.91 Å². The molecule has 1 aromatic heterocycles. The third-order valence-electron chi connectivity index (χ3n) is 5.64. The van der Waals surface area contributed by atoms with Crippen LogP contribution in [0.4, 0.5) is 10.1 Å². The molecule has 30 heavy (non-hydrogen) atoms. The summed E-state index contributed by atoms with van der Waals surface area (Å²) < 4.78 is 25.1. The fourth-order valence-electron chi connectivity index (χ4n) is 4.05. The van der Waals surface area contributed by atoms with E-state index in [4.69, 9.17) is 20.8 Å². The fourth-order valence-corrected chi connectivity index (χ4v) is 4.29. The monoisotopic (exact) mass is 429 g/mol. The van der Waals surface area contributed by atoms with E-state index in [0.29, 0.717) is 46.9 Å². The number of methoxy groups -OCH3 is 1. The first-order valence-corrected chi connectivity index (χ1v) is 10.2. The average molecular weight is 430 g/mol. The first kappa shape index (κ1) is 20.4. The standard InChI is InChI=1S/C23H21ClFNO4/c1-13-15-6-5-14(29-2)12-20(15)30-23(28)16(13)7-10-21(27)26-11-3-4-17-18(24)8-9-19(25)22(17)26/h5-6,8-9,12H,3-4,7,10-11H2,1-2H3. The second kappa shape index (κ2) is 8.11. The quantitative estimate of drug-likeness (QED) is 0.558. The number of aryl methyl sites for hydroxylation is 1. The summed E-state index contributed by atoms with van der Waals surface area (Å²) in [5.41, 5.74) is 2.09. The number of carbonyl (C=O) groups excluding carboxylic acids is 1. The van der Waals surface area contributed by atoms with Crippen molar-refractivity contribution in [3.05, 3.63) is 68.3 Å². The third-order valence-corrected chi connectivity index (χ3v) is 5.99. The summed E-state index contributed by atoms with van der Waals surface area (Å²) in [6.45, 7) is 2.26. The van der Waals surface area contributed by atoms with E-state index >= 15 is 0 Å². The van der Waals surface area contributed by atoms with E-state index in [1.54, 1.807) is 19.2 Å². The molecule has 7 heteroatoms. The van der Waals surface area contributed by atoms with Gasteiger partial charge in [0.1, 0.15) is 17.1 Å². The lowest BCUT2D eigenvalue weighted by Gasteiger charge is -2.30. The van der Waals surface area contributed by atoms with Crippen LogP contribution in [0.5, 0.6) is 5.75 Å². The van der Waals surface area contributed by atoms with Crippen LogP contribution in [-0.4, -0.2) is 19.6 Å². The van der Waals surface area contributed by atoms with Crippen molar-refractivity contribution in [2.45, 2.75) is 32.6 Å². The van der Waals surface area contributed by atoms with Crippen molar-refractivity contribution in [3.63, 3.8) is 0 Å². The van der Waals surface area contributed by atoms with Gasteiger partial charge >= 0.3 is 5.63 Å². The topological polar surface area (TPSA) is 59.8 Å². The molecule has 5 nitrogen and oxygen atoms in total. The van der Waals surface area contributed by atoms with Gasteiger partial charge in [0, 0.05) is 35.0 Å². The number of ether oxygens (including phenoxy) is 1. The van der Waals surface area contributed by atoms with Crippen LogP contribution in [0.2, 0.25) is 5.02 Å². The molecule has 1 amide bonds.